The van der Waals surface area contributed by atoms with Crippen LogP contribution in [-0.4, -0.2) is 34.0 Å². The summed E-state index contributed by atoms with van der Waals surface area (Å²) in [6.45, 7) is 0. The topological polar surface area (TPSA) is 142 Å². The van der Waals surface area contributed by atoms with Crippen molar-refractivity contribution in [3.8, 4) is 17.1 Å². The number of methoxy groups -OCH3 is 1. The standard InChI is InChI=1S/C26H20BrN5O5/c1-36-21-8-3-2-5-14(21)12-22(33)28-19-7-4-6-15-11-20(29-23(15)19)25(34)30-18-10-9-16(27)13-17(18)24-31-26(35)37-32-24/h2-11,13,29H,12H2,1H3,(H,28,33)(H,30,34)(H,31,32,35). The number of carbonyl (C=O) groups is 2. The molecule has 5 rings (SSSR count). The van der Waals surface area contributed by atoms with Crippen LogP contribution in [0.15, 0.2) is 80.5 Å². The minimum absolute atomic E-state index is 0.130. The molecule has 0 aliphatic carbocycles. The van der Waals surface area contributed by atoms with Crippen molar-refractivity contribution < 1.29 is 18.8 Å². The number of fused-ring (bicyclic) bond motifs is 1. The maximum atomic E-state index is 13.1. The number of hydrogen-bond acceptors (Lipinski definition) is 6. The molecule has 3 aromatic carbocycles. The summed E-state index contributed by atoms with van der Waals surface area (Å²) in [6.07, 6.45) is 0.130. The molecule has 0 aliphatic heterocycles. The van der Waals surface area contributed by atoms with E-state index in [9.17, 15) is 14.4 Å². The lowest BCUT2D eigenvalue weighted by molar-refractivity contribution is -0.115. The number of carbonyl (C=O) groups excluding carboxylic acids is 2. The molecule has 37 heavy (non-hydrogen) atoms. The first-order chi connectivity index (χ1) is 17.9. The van der Waals surface area contributed by atoms with Gasteiger partial charge in [0.15, 0.2) is 5.82 Å². The second-order valence-electron chi connectivity index (χ2n) is 8.08. The van der Waals surface area contributed by atoms with Crippen molar-refractivity contribution in [1.29, 1.82) is 0 Å². The van der Waals surface area contributed by atoms with Gasteiger partial charge in [0, 0.05) is 21.0 Å². The molecule has 0 unspecified atom stereocenters. The molecule has 0 radical (unpaired) electrons. The van der Waals surface area contributed by atoms with Crippen molar-refractivity contribution in [2.45, 2.75) is 6.42 Å². The molecule has 2 heterocycles. The highest BCUT2D eigenvalue weighted by atomic mass is 79.9. The Morgan fingerprint density at radius 1 is 1.00 bits per heavy atom. The van der Waals surface area contributed by atoms with Crippen molar-refractivity contribution in [2.24, 2.45) is 0 Å². The van der Waals surface area contributed by atoms with E-state index in [-0.39, 0.29) is 23.8 Å². The van der Waals surface area contributed by atoms with Gasteiger partial charge in [-0.1, -0.05) is 51.4 Å². The summed E-state index contributed by atoms with van der Waals surface area (Å²) in [5.41, 5.74) is 3.08. The quantitative estimate of drug-likeness (QED) is 0.226. The number of hydrogen-bond donors (Lipinski definition) is 4. The molecule has 11 heteroatoms. The third kappa shape index (κ3) is 5.16. The molecule has 0 spiro atoms. The number of aromatic amines is 2. The summed E-state index contributed by atoms with van der Waals surface area (Å²) in [5, 5.41) is 10.2. The first-order valence-corrected chi connectivity index (χ1v) is 11.9. The number of halogens is 1. The number of rotatable bonds is 7. The fraction of sp³-hybridized carbons (Fsp3) is 0.0769. The van der Waals surface area contributed by atoms with Crippen LogP contribution in [0.5, 0.6) is 5.75 Å². The third-order valence-corrected chi connectivity index (χ3v) is 6.14. The normalized spacial score (nSPS) is 10.9. The largest absolute Gasteiger partial charge is 0.496 e. The van der Waals surface area contributed by atoms with E-state index in [1.165, 1.54) is 0 Å². The molecule has 4 N–H and O–H groups in total. The van der Waals surface area contributed by atoms with Gasteiger partial charge in [0.2, 0.25) is 5.91 Å². The van der Waals surface area contributed by atoms with Gasteiger partial charge in [-0.2, -0.15) is 0 Å². The number of aromatic nitrogens is 3. The molecule has 0 fully saturated rings. The fourth-order valence-electron chi connectivity index (χ4n) is 3.96. The lowest BCUT2D eigenvalue weighted by Crippen LogP contribution is -2.15. The highest BCUT2D eigenvalue weighted by molar-refractivity contribution is 9.10. The molecule has 2 amide bonds. The summed E-state index contributed by atoms with van der Waals surface area (Å²) < 4.78 is 10.7. The molecular weight excluding hydrogens is 542 g/mol. The molecule has 0 saturated heterocycles. The van der Waals surface area contributed by atoms with E-state index < -0.39 is 11.7 Å². The first-order valence-electron chi connectivity index (χ1n) is 11.1. The molecule has 0 bridgehead atoms. The van der Waals surface area contributed by atoms with Gasteiger partial charge in [0.1, 0.15) is 11.4 Å². The zero-order chi connectivity index (χ0) is 25.9. The van der Waals surface area contributed by atoms with Crippen LogP contribution in [0.2, 0.25) is 0 Å². The summed E-state index contributed by atoms with van der Waals surface area (Å²) in [4.78, 5) is 42.9. The van der Waals surface area contributed by atoms with Gasteiger partial charge < -0.3 is 20.4 Å². The molecule has 10 nitrogen and oxygen atoms in total. The van der Waals surface area contributed by atoms with Crippen LogP contribution in [0.4, 0.5) is 11.4 Å². The highest BCUT2D eigenvalue weighted by Gasteiger charge is 2.17. The van der Waals surface area contributed by atoms with E-state index in [2.05, 4.69) is 46.2 Å². The minimum atomic E-state index is -0.705. The number of ether oxygens (including phenoxy) is 1. The molecule has 5 aromatic rings. The summed E-state index contributed by atoms with van der Waals surface area (Å²) in [6, 6.07) is 19.5. The number of nitrogens with one attached hydrogen (secondary N) is 4. The summed E-state index contributed by atoms with van der Waals surface area (Å²) in [7, 11) is 1.56. The van der Waals surface area contributed by atoms with Gasteiger partial charge in [-0.15, -0.1) is 0 Å². The van der Waals surface area contributed by atoms with Crippen molar-refractivity contribution in [3.05, 3.63) is 93.0 Å². The maximum absolute atomic E-state index is 13.1. The Morgan fingerprint density at radius 3 is 2.62 bits per heavy atom. The van der Waals surface area contributed by atoms with Crippen LogP contribution in [0, 0.1) is 0 Å². The van der Waals surface area contributed by atoms with Gasteiger partial charge in [0.05, 0.1) is 30.4 Å². The van der Waals surface area contributed by atoms with Crippen LogP contribution in [0.3, 0.4) is 0 Å². The Labute approximate surface area is 218 Å². The first kappa shape index (κ1) is 24.1. The zero-order valence-corrected chi connectivity index (χ0v) is 21.0. The van der Waals surface area contributed by atoms with E-state index in [0.29, 0.717) is 28.2 Å². The fourth-order valence-corrected chi connectivity index (χ4v) is 4.32. The van der Waals surface area contributed by atoms with Gasteiger partial charge in [-0.25, -0.2) is 4.79 Å². The minimum Gasteiger partial charge on any atom is -0.496 e. The van der Waals surface area contributed by atoms with Crippen LogP contribution in [-0.2, 0) is 11.2 Å². The Morgan fingerprint density at radius 2 is 1.84 bits per heavy atom. The van der Waals surface area contributed by atoms with Crippen molar-refractivity contribution in [2.75, 3.05) is 17.7 Å². The van der Waals surface area contributed by atoms with E-state index >= 15 is 0 Å². The highest BCUT2D eigenvalue weighted by Crippen LogP contribution is 2.30. The Balaban J connectivity index is 1.38. The Hall–Kier alpha value is -4.64. The third-order valence-electron chi connectivity index (χ3n) is 5.64. The van der Waals surface area contributed by atoms with Gasteiger partial charge >= 0.3 is 5.76 Å². The predicted octanol–water partition coefficient (Wildman–Crippen LogP) is 4.72. The molecule has 0 aliphatic rings. The van der Waals surface area contributed by atoms with Crippen LogP contribution < -0.4 is 21.1 Å². The molecule has 0 atom stereocenters. The second-order valence-corrected chi connectivity index (χ2v) is 8.99. The zero-order valence-electron chi connectivity index (χ0n) is 19.4. The maximum Gasteiger partial charge on any atom is 0.439 e. The van der Waals surface area contributed by atoms with Crippen LogP contribution in [0.1, 0.15) is 16.1 Å². The van der Waals surface area contributed by atoms with Crippen molar-refractivity contribution in [3.63, 3.8) is 0 Å². The summed E-state index contributed by atoms with van der Waals surface area (Å²) >= 11 is 3.38. The average Bonchev–Trinajstić information content (AvgIpc) is 3.52. The SMILES string of the molecule is COc1ccccc1CC(=O)Nc1cccc2cc(C(=O)Nc3ccc(Br)cc3-c3noc(=O)[nH]3)[nH]c12. The van der Waals surface area contributed by atoms with E-state index in [0.717, 1.165) is 15.4 Å². The molecule has 186 valence electrons. The van der Waals surface area contributed by atoms with E-state index in [4.69, 9.17) is 4.74 Å². The number of benzene rings is 3. The second kappa shape index (κ2) is 10.2. The van der Waals surface area contributed by atoms with E-state index in [1.807, 2.05) is 24.3 Å². The lowest BCUT2D eigenvalue weighted by atomic mass is 10.1. The number of amides is 2. The summed E-state index contributed by atoms with van der Waals surface area (Å²) in [5.74, 6) is -0.534. The average molecular weight is 562 g/mol. The Bertz CT molecular complexity index is 1690. The molecule has 0 saturated carbocycles. The number of anilines is 2. The predicted molar refractivity (Wildman–Crippen MR) is 142 cm³/mol. The van der Waals surface area contributed by atoms with Crippen LogP contribution in [0.25, 0.3) is 22.3 Å². The van der Waals surface area contributed by atoms with Gasteiger partial charge in [0.25, 0.3) is 5.91 Å². The smallest absolute Gasteiger partial charge is 0.439 e. The van der Waals surface area contributed by atoms with Crippen molar-refractivity contribution in [1.82, 2.24) is 15.1 Å². The van der Waals surface area contributed by atoms with Gasteiger partial charge in [-0.05, 0) is 36.4 Å². The number of H-pyrrole nitrogens is 2. The Kier molecular flexibility index (Phi) is 6.60. The van der Waals surface area contributed by atoms with Crippen LogP contribution >= 0.6 is 15.9 Å². The van der Waals surface area contributed by atoms with Gasteiger partial charge in [-0.3, -0.25) is 19.1 Å². The monoisotopic (exact) mass is 561 g/mol. The number of para-hydroxylation sites is 2. The molecule has 2 aromatic heterocycles. The number of nitrogens with zero attached hydrogens (tertiary/aromatic N) is 1. The van der Waals surface area contributed by atoms with Crippen molar-refractivity contribution >= 4 is 50.0 Å². The molecular formula is C26H20BrN5O5. The van der Waals surface area contributed by atoms with E-state index in [1.54, 1.807) is 49.6 Å². The lowest BCUT2D eigenvalue weighted by Gasteiger charge is -2.10.